The smallest absolute Gasteiger partial charge is 0.436 e. The van der Waals surface area contributed by atoms with Crippen LogP contribution in [0, 0.1) is 6.92 Å². The van der Waals surface area contributed by atoms with Gasteiger partial charge in [0, 0.05) is 0 Å². The predicted octanol–water partition coefficient (Wildman–Crippen LogP) is 3.75. The first-order valence-electron chi connectivity index (χ1n) is 8.78. The lowest BCUT2D eigenvalue weighted by atomic mass is 9.81. The lowest BCUT2D eigenvalue weighted by Gasteiger charge is -2.55. The van der Waals surface area contributed by atoms with Crippen LogP contribution in [0.5, 0.6) is 0 Å². The fourth-order valence-corrected chi connectivity index (χ4v) is 3.04. The summed E-state index contributed by atoms with van der Waals surface area (Å²) < 4.78 is 10.4. The molecule has 0 aromatic heterocycles. The number of amides is 3. The highest BCUT2D eigenvalue weighted by molar-refractivity contribution is 6.06. The topological polar surface area (TPSA) is 76.2 Å². The van der Waals surface area contributed by atoms with Gasteiger partial charge in [-0.2, -0.15) is 5.01 Å². The van der Waals surface area contributed by atoms with Gasteiger partial charge in [0.1, 0.15) is 0 Å². The average Bonchev–Trinajstić information content (AvgIpc) is 2.51. The maximum Gasteiger partial charge on any atom is 0.436 e. The van der Waals surface area contributed by atoms with Gasteiger partial charge < -0.3 is 9.47 Å². The van der Waals surface area contributed by atoms with E-state index in [4.69, 9.17) is 9.47 Å². The Labute approximate surface area is 153 Å². The number of carbonyl (C=O) groups is 3. The molecule has 1 aromatic rings. The largest absolute Gasteiger partial charge is 0.445 e. The lowest BCUT2D eigenvalue weighted by molar-refractivity contribution is -0.204. The second-order valence-corrected chi connectivity index (χ2v) is 6.88. The minimum Gasteiger partial charge on any atom is -0.445 e. The zero-order valence-corrected chi connectivity index (χ0v) is 16.1. The highest BCUT2D eigenvalue weighted by Crippen LogP contribution is 2.45. The Kier molecular flexibility index (Phi) is 5.59. The molecule has 1 atom stereocenters. The van der Waals surface area contributed by atoms with Crippen molar-refractivity contribution in [3.63, 3.8) is 0 Å². The van der Waals surface area contributed by atoms with Crippen LogP contribution in [-0.2, 0) is 19.8 Å². The zero-order valence-electron chi connectivity index (χ0n) is 16.1. The van der Waals surface area contributed by atoms with Gasteiger partial charge in [-0.15, -0.1) is 5.01 Å². The van der Waals surface area contributed by atoms with Crippen LogP contribution in [0.1, 0.15) is 52.2 Å². The summed E-state index contributed by atoms with van der Waals surface area (Å²) in [5.41, 5.74) is 0.302. The third kappa shape index (κ3) is 3.25. The molecule has 0 bridgehead atoms. The van der Waals surface area contributed by atoms with Gasteiger partial charge in [-0.05, 0) is 46.6 Å². The Hall–Kier alpha value is -2.57. The Morgan fingerprint density at radius 1 is 1.08 bits per heavy atom. The first-order valence-corrected chi connectivity index (χ1v) is 8.78. The molecule has 0 N–H and O–H groups in total. The van der Waals surface area contributed by atoms with Crippen LogP contribution in [0.15, 0.2) is 24.3 Å². The molecule has 7 heteroatoms. The highest BCUT2D eigenvalue weighted by atomic mass is 16.6. The van der Waals surface area contributed by atoms with E-state index in [2.05, 4.69) is 0 Å². The Balaban J connectivity index is 2.50. The Bertz CT molecular complexity index is 716. The van der Waals surface area contributed by atoms with Crippen molar-refractivity contribution in [3.8, 4) is 0 Å². The van der Waals surface area contributed by atoms with E-state index in [-0.39, 0.29) is 0 Å². The van der Waals surface area contributed by atoms with Crippen LogP contribution in [0.2, 0.25) is 0 Å². The molecule has 0 saturated carbocycles. The number of nitrogens with zero attached hydrogens (tertiary/aromatic N) is 2. The summed E-state index contributed by atoms with van der Waals surface area (Å²) >= 11 is 0. The van der Waals surface area contributed by atoms with E-state index >= 15 is 0 Å². The summed E-state index contributed by atoms with van der Waals surface area (Å²) in [6.07, 6.45) is -2.17. The van der Waals surface area contributed by atoms with Gasteiger partial charge in [0.25, 0.3) is 5.91 Å². The van der Waals surface area contributed by atoms with Gasteiger partial charge >= 0.3 is 12.2 Å². The summed E-state index contributed by atoms with van der Waals surface area (Å²) in [5.74, 6) is -0.503. The van der Waals surface area contributed by atoms with Gasteiger partial charge in [0.05, 0.1) is 12.2 Å². The molecule has 0 radical (unpaired) electrons. The summed E-state index contributed by atoms with van der Waals surface area (Å²) in [4.78, 5) is 38.1. The fourth-order valence-electron chi connectivity index (χ4n) is 3.04. The molecule has 0 spiro atoms. The van der Waals surface area contributed by atoms with Crippen LogP contribution >= 0.6 is 0 Å². The van der Waals surface area contributed by atoms with Gasteiger partial charge in [0.15, 0.2) is 5.54 Å². The predicted molar refractivity (Wildman–Crippen MR) is 95.1 cm³/mol. The van der Waals surface area contributed by atoms with Crippen molar-refractivity contribution >= 4 is 18.1 Å². The molecule has 0 unspecified atom stereocenters. The summed E-state index contributed by atoms with van der Waals surface area (Å²) in [7, 11) is 0. The summed E-state index contributed by atoms with van der Waals surface area (Å²) in [6.45, 7) is 10.4. The monoisotopic (exact) mass is 362 g/mol. The normalized spacial score (nSPS) is 19.6. The number of ether oxygens (including phenoxy) is 2. The van der Waals surface area contributed by atoms with E-state index in [0.29, 0.717) is 12.0 Å². The van der Waals surface area contributed by atoms with E-state index in [1.165, 1.54) is 0 Å². The number of rotatable bonds is 4. The SMILES string of the molecule is CC[C@]1(c2cccc(C)c2)C(=O)N(C(=O)OC(C)C)N1C(=O)OC(C)C. The number of imide groups is 1. The second kappa shape index (κ2) is 7.35. The number of hydrogen-bond donors (Lipinski definition) is 0. The first kappa shape index (κ1) is 19.8. The standard InChI is InChI=1S/C19H26N2O5/c1-7-19(15-10-8-9-14(6)11-15)16(22)20(17(23)25-12(2)3)21(19)18(24)26-13(4)5/h8-13H,7H2,1-6H3/t19-/m0/s1. The van der Waals surface area contributed by atoms with E-state index < -0.39 is 35.8 Å². The lowest BCUT2D eigenvalue weighted by Crippen LogP contribution is -2.78. The van der Waals surface area contributed by atoms with Crippen LogP contribution < -0.4 is 0 Å². The fraction of sp³-hybridized carbons (Fsp3) is 0.526. The average molecular weight is 362 g/mol. The van der Waals surface area contributed by atoms with E-state index in [9.17, 15) is 14.4 Å². The third-order valence-corrected chi connectivity index (χ3v) is 4.13. The number of hydrazine groups is 1. The molecule has 7 nitrogen and oxygen atoms in total. The minimum absolute atomic E-state index is 0.300. The number of benzene rings is 1. The van der Waals surface area contributed by atoms with Crippen molar-refractivity contribution in [1.82, 2.24) is 10.0 Å². The molecule has 1 fully saturated rings. The highest BCUT2D eigenvalue weighted by Gasteiger charge is 2.65. The molecule has 1 aromatic carbocycles. The van der Waals surface area contributed by atoms with Crippen LogP contribution in [0.4, 0.5) is 9.59 Å². The maximum absolute atomic E-state index is 13.0. The molecule has 2 rings (SSSR count). The summed E-state index contributed by atoms with van der Waals surface area (Å²) in [6, 6.07) is 7.32. The van der Waals surface area contributed by atoms with Crippen molar-refractivity contribution in [2.45, 2.75) is 65.7 Å². The van der Waals surface area contributed by atoms with Crippen LogP contribution in [-0.4, -0.2) is 40.3 Å². The van der Waals surface area contributed by atoms with Crippen molar-refractivity contribution in [2.24, 2.45) is 0 Å². The van der Waals surface area contributed by atoms with Gasteiger partial charge in [-0.25, -0.2) is 9.59 Å². The molecule has 3 amide bonds. The third-order valence-electron chi connectivity index (χ3n) is 4.13. The van der Waals surface area contributed by atoms with Crippen molar-refractivity contribution < 1.29 is 23.9 Å². The van der Waals surface area contributed by atoms with Crippen molar-refractivity contribution in [1.29, 1.82) is 0 Å². The molecule has 0 aliphatic carbocycles. The van der Waals surface area contributed by atoms with Gasteiger partial charge in [-0.1, -0.05) is 36.8 Å². The molecular formula is C19H26N2O5. The van der Waals surface area contributed by atoms with Crippen LogP contribution in [0.3, 0.4) is 0 Å². The number of hydrogen-bond acceptors (Lipinski definition) is 5. The van der Waals surface area contributed by atoms with E-state index in [1.54, 1.807) is 40.7 Å². The van der Waals surface area contributed by atoms with E-state index in [1.807, 2.05) is 25.1 Å². The summed E-state index contributed by atoms with van der Waals surface area (Å²) in [5, 5.41) is 1.81. The maximum atomic E-state index is 13.0. The molecule has 1 aliphatic rings. The Morgan fingerprint density at radius 2 is 1.65 bits per heavy atom. The molecule has 142 valence electrons. The molecule has 1 saturated heterocycles. The molecule has 1 aliphatic heterocycles. The Morgan fingerprint density at radius 3 is 2.15 bits per heavy atom. The quantitative estimate of drug-likeness (QED) is 0.815. The van der Waals surface area contributed by atoms with Gasteiger partial charge in [-0.3, -0.25) is 4.79 Å². The number of carbonyl (C=O) groups excluding carboxylic acids is 3. The first-order chi connectivity index (χ1) is 12.1. The van der Waals surface area contributed by atoms with Crippen LogP contribution in [0.25, 0.3) is 0 Å². The minimum atomic E-state index is -1.28. The van der Waals surface area contributed by atoms with Crippen molar-refractivity contribution in [2.75, 3.05) is 0 Å². The van der Waals surface area contributed by atoms with Crippen molar-refractivity contribution in [3.05, 3.63) is 35.4 Å². The van der Waals surface area contributed by atoms with E-state index in [0.717, 1.165) is 15.6 Å². The second-order valence-electron chi connectivity index (χ2n) is 6.88. The van der Waals surface area contributed by atoms with Gasteiger partial charge in [0.2, 0.25) is 0 Å². The zero-order chi connectivity index (χ0) is 19.6. The molecule has 1 heterocycles. The molecule has 26 heavy (non-hydrogen) atoms. The molecular weight excluding hydrogens is 336 g/mol. The number of aryl methyl sites for hydroxylation is 1.